The van der Waals surface area contributed by atoms with Crippen molar-refractivity contribution in [1.82, 2.24) is 0 Å². The van der Waals surface area contributed by atoms with Gasteiger partial charge in [-0.15, -0.1) is 0 Å². The number of rotatable bonds is 4. The van der Waals surface area contributed by atoms with Crippen LogP contribution in [0.4, 0.5) is 15.8 Å². The van der Waals surface area contributed by atoms with E-state index in [1.54, 1.807) is 6.07 Å². The SMILES string of the molecule is CCN(c1cccc(F)c1)c1ccc(Br)cc1CN. The Morgan fingerprint density at radius 1 is 1.21 bits per heavy atom. The van der Waals surface area contributed by atoms with Crippen molar-refractivity contribution >= 4 is 27.3 Å². The van der Waals surface area contributed by atoms with Gasteiger partial charge in [0.2, 0.25) is 0 Å². The molecule has 2 rings (SSSR count). The summed E-state index contributed by atoms with van der Waals surface area (Å²) in [7, 11) is 0. The van der Waals surface area contributed by atoms with E-state index < -0.39 is 0 Å². The molecule has 0 aliphatic heterocycles. The predicted molar refractivity (Wildman–Crippen MR) is 81.1 cm³/mol. The molecule has 0 aliphatic carbocycles. The largest absolute Gasteiger partial charge is 0.341 e. The summed E-state index contributed by atoms with van der Waals surface area (Å²) in [6.45, 7) is 3.23. The van der Waals surface area contributed by atoms with Crippen molar-refractivity contribution < 1.29 is 4.39 Å². The maximum Gasteiger partial charge on any atom is 0.125 e. The lowest BCUT2D eigenvalue weighted by molar-refractivity contribution is 0.627. The number of benzene rings is 2. The number of anilines is 2. The number of halogens is 2. The van der Waals surface area contributed by atoms with E-state index in [4.69, 9.17) is 5.73 Å². The van der Waals surface area contributed by atoms with E-state index in [1.165, 1.54) is 12.1 Å². The van der Waals surface area contributed by atoms with Crippen molar-refractivity contribution in [3.63, 3.8) is 0 Å². The third-order valence-electron chi connectivity index (χ3n) is 2.99. The van der Waals surface area contributed by atoms with Gasteiger partial charge in [0, 0.05) is 28.9 Å². The molecule has 4 heteroatoms. The maximum atomic E-state index is 13.4. The molecule has 0 amide bonds. The molecule has 0 aromatic heterocycles. The highest BCUT2D eigenvalue weighted by molar-refractivity contribution is 9.10. The summed E-state index contributed by atoms with van der Waals surface area (Å²) >= 11 is 3.44. The summed E-state index contributed by atoms with van der Waals surface area (Å²) in [6.07, 6.45) is 0. The van der Waals surface area contributed by atoms with Crippen LogP contribution < -0.4 is 10.6 Å². The Morgan fingerprint density at radius 3 is 2.63 bits per heavy atom. The zero-order valence-electron chi connectivity index (χ0n) is 10.7. The standard InChI is InChI=1S/C15H16BrFN2/c1-2-19(14-5-3-4-13(17)9-14)15-7-6-12(16)8-11(15)10-18/h3-9H,2,10,18H2,1H3. The Labute approximate surface area is 121 Å². The van der Waals surface area contributed by atoms with Gasteiger partial charge < -0.3 is 10.6 Å². The molecule has 0 saturated heterocycles. The fourth-order valence-corrected chi connectivity index (χ4v) is 2.53. The molecule has 2 aromatic rings. The summed E-state index contributed by atoms with van der Waals surface area (Å²) in [5.41, 5.74) is 8.67. The van der Waals surface area contributed by atoms with E-state index in [9.17, 15) is 4.39 Å². The van der Waals surface area contributed by atoms with Crippen molar-refractivity contribution in [3.8, 4) is 0 Å². The van der Waals surface area contributed by atoms with E-state index in [1.807, 2.05) is 31.2 Å². The second-order valence-corrected chi connectivity index (χ2v) is 5.12. The monoisotopic (exact) mass is 322 g/mol. The zero-order valence-corrected chi connectivity index (χ0v) is 12.3. The first kappa shape index (κ1) is 14.0. The number of hydrogen-bond donors (Lipinski definition) is 1. The molecule has 0 spiro atoms. The van der Waals surface area contributed by atoms with Gasteiger partial charge in [-0.1, -0.05) is 22.0 Å². The molecular weight excluding hydrogens is 307 g/mol. The quantitative estimate of drug-likeness (QED) is 0.913. The number of hydrogen-bond acceptors (Lipinski definition) is 2. The van der Waals surface area contributed by atoms with Crippen molar-refractivity contribution in [3.05, 3.63) is 58.3 Å². The van der Waals surface area contributed by atoms with Gasteiger partial charge in [-0.3, -0.25) is 0 Å². The average molecular weight is 323 g/mol. The highest BCUT2D eigenvalue weighted by atomic mass is 79.9. The minimum Gasteiger partial charge on any atom is -0.341 e. The van der Waals surface area contributed by atoms with Crippen LogP contribution in [0.2, 0.25) is 0 Å². The van der Waals surface area contributed by atoms with Crippen LogP contribution in [0.5, 0.6) is 0 Å². The van der Waals surface area contributed by atoms with Crippen molar-refractivity contribution in [2.24, 2.45) is 5.73 Å². The summed E-state index contributed by atoms with van der Waals surface area (Å²) in [4.78, 5) is 2.05. The van der Waals surface area contributed by atoms with Crippen LogP contribution in [-0.2, 0) is 6.54 Å². The molecule has 0 unspecified atom stereocenters. The highest BCUT2D eigenvalue weighted by Gasteiger charge is 2.12. The molecule has 0 radical (unpaired) electrons. The summed E-state index contributed by atoms with van der Waals surface area (Å²) in [6, 6.07) is 12.6. The Hall–Kier alpha value is -1.39. The Bertz CT molecular complexity index is 572. The second kappa shape index (κ2) is 6.17. The summed E-state index contributed by atoms with van der Waals surface area (Å²) < 4.78 is 14.4. The van der Waals surface area contributed by atoms with Gasteiger partial charge in [-0.05, 0) is 48.9 Å². The van der Waals surface area contributed by atoms with Gasteiger partial charge in [0.25, 0.3) is 0 Å². The molecule has 19 heavy (non-hydrogen) atoms. The lowest BCUT2D eigenvalue weighted by Crippen LogP contribution is -2.18. The molecule has 2 nitrogen and oxygen atoms in total. The third kappa shape index (κ3) is 3.14. The molecule has 100 valence electrons. The van der Waals surface area contributed by atoms with E-state index in [2.05, 4.69) is 20.8 Å². The van der Waals surface area contributed by atoms with Gasteiger partial charge in [-0.2, -0.15) is 0 Å². The molecule has 2 aromatic carbocycles. The maximum absolute atomic E-state index is 13.4. The Balaban J connectivity index is 2.48. The summed E-state index contributed by atoms with van der Waals surface area (Å²) in [5.74, 6) is -0.234. The van der Waals surface area contributed by atoms with Crippen LogP contribution in [0, 0.1) is 5.82 Å². The van der Waals surface area contributed by atoms with Crippen LogP contribution in [0.3, 0.4) is 0 Å². The van der Waals surface area contributed by atoms with Crippen LogP contribution in [0.15, 0.2) is 46.9 Å². The van der Waals surface area contributed by atoms with Crippen LogP contribution in [-0.4, -0.2) is 6.54 Å². The fourth-order valence-electron chi connectivity index (χ4n) is 2.12. The number of nitrogens with zero attached hydrogens (tertiary/aromatic N) is 1. The molecular formula is C15H16BrFN2. The first-order valence-corrected chi connectivity index (χ1v) is 6.96. The van der Waals surface area contributed by atoms with Crippen LogP contribution in [0.25, 0.3) is 0 Å². The van der Waals surface area contributed by atoms with E-state index in [0.717, 1.165) is 28.0 Å². The van der Waals surface area contributed by atoms with Crippen molar-refractivity contribution in [2.45, 2.75) is 13.5 Å². The van der Waals surface area contributed by atoms with Gasteiger partial charge in [0.05, 0.1) is 0 Å². The molecule has 0 atom stereocenters. The predicted octanol–water partition coefficient (Wildman–Crippen LogP) is 4.20. The molecule has 0 bridgehead atoms. The molecule has 0 saturated carbocycles. The zero-order chi connectivity index (χ0) is 13.8. The summed E-state index contributed by atoms with van der Waals surface area (Å²) in [5, 5.41) is 0. The van der Waals surface area contributed by atoms with Crippen LogP contribution in [0.1, 0.15) is 12.5 Å². The van der Waals surface area contributed by atoms with Gasteiger partial charge >= 0.3 is 0 Å². The minimum absolute atomic E-state index is 0.234. The van der Waals surface area contributed by atoms with E-state index in [0.29, 0.717) is 6.54 Å². The van der Waals surface area contributed by atoms with Crippen molar-refractivity contribution in [1.29, 1.82) is 0 Å². The van der Waals surface area contributed by atoms with Crippen molar-refractivity contribution in [2.75, 3.05) is 11.4 Å². The minimum atomic E-state index is -0.234. The fraction of sp³-hybridized carbons (Fsp3) is 0.200. The van der Waals surface area contributed by atoms with E-state index in [-0.39, 0.29) is 5.82 Å². The first-order chi connectivity index (χ1) is 9.15. The van der Waals surface area contributed by atoms with Gasteiger partial charge in [0.1, 0.15) is 5.82 Å². The third-order valence-corrected chi connectivity index (χ3v) is 3.48. The second-order valence-electron chi connectivity index (χ2n) is 4.20. The molecule has 2 N–H and O–H groups in total. The lowest BCUT2D eigenvalue weighted by Gasteiger charge is -2.26. The highest BCUT2D eigenvalue weighted by Crippen LogP contribution is 2.30. The molecule has 0 fully saturated rings. The smallest absolute Gasteiger partial charge is 0.125 e. The normalized spacial score (nSPS) is 10.5. The Morgan fingerprint density at radius 2 is 2.00 bits per heavy atom. The Kier molecular flexibility index (Phi) is 4.56. The van der Waals surface area contributed by atoms with Gasteiger partial charge in [0.15, 0.2) is 0 Å². The first-order valence-electron chi connectivity index (χ1n) is 6.17. The number of nitrogens with two attached hydrogens (primary N) is 1. The lowest BCUT2D eigenvalue weighted by atomic mass is 10.1. The average Bonchev–Trinajstić information content (AvgIpc) is 2.41. The molecule has 0 aliphatic rings. The topological polar surface area (TPSA) is 29.3 Å². The van der Waals surface area contributed by atoms with E-state index >= 15 is 0 Å². The van der Waals surface area contributed by atoms with Crippen LogP contribution >= 0.6 is 15.9 Å². The van der Waals surface area contributed by atoms with Gasteiger partial charge in [-0.25, -0.2) is 4.39 Å². The molecule has 0 heterocycles.